The van der Waals surface area contributed by atoms with Gasteiger partial charge in [0.15, 0.2) is 11.3 Å². The van der Waals surface area contributed by atoms with Crippen molar-refractivity contribution in [2.45, 2.75) is 92.1 Å². The van der Waals surface area contributed by atoms with E-state index in [1.165, 1.54) is 26.5 Å². The average molecular weight is 852 g/mol. The van der Waals surface area contributed by atoms with E-state index in [0.29, 0.717) is 47.4 Å². The van der Waals surface area contributed by atoms with Gasteiger partial charge in [0.2, 0.25) is 5.43 Å². The Bertz CT molecular complexity index is 2500. The highest BCUT2D eigenvalue weighted by Crippen LogP contribution is 2.51. The van der Waals surface area contributed by atoms with Gasteiger partial charge in [-0.3, -0.25) is 24.1 Å². The van der Waals surface area contributed by atoms with Crippen LogP contribution in [0.2, 0.25) is 0 Å². The lowest BCUT2D eigenvalue weighted by Crippen LogP contribution is -2.41. The molecule has 6 bridgehead atoms. The van der Waals surface area contributed by atoms with E-state index in [1.807, 2.05) is 19.1 Å². The highest BCUT2D eigenvalue weighted by atomic mass is 16.7. The van der Waals surface area contributed by atoms with E-state index in [1.54, 1.807) is 58.4 Å². The van der Waals surface area contributed by atoms with Crippen LogP contribution in [0.5, 0.6) is 17.2 Å². The van der Waals surface area contributed by atoms with Crippen molar-refractivity contribution in [3.8, 4) is 28.7 Å². The number of hydrogen-bond acceptors (Lipinski definition) is 13. The summed E-state index contributed by atoms with van der Waals surface area (Å²) in [6, 6.07) is 5.25. The molecule has 1 N–H and O–H groups in total. The third kappa shape index (κ3) is 8.80. The zero-order chi connectivity index (χ0) is 44.5. The third-order valence-corrected chi connectivity index (χ3v) is 11.9. The smallest absolute Gasteiger partial charge is 0.312 e. The molecule has 14 nitrogen and oxygen atoms in total. The number of amides is 1. The summed E-state index contributed by atoms with van der Waals surface area (Å²) in [7, 11) is 3.25. The van der Waals surface area contributed by atoms with Crippen LogP contribution in [0, 0.1) is 24.7 Å². The number of hydrogen-bond donors (Lipinski definition) is 1. The summed E-state index contributed by atoms with van der Waals surface area (Å²) >= 11 is 0. The largest absolute Gasteiger partial charge is 0.492 e. The molecule has 1 fully saturated rings. The van der Waals surface area contributed by atoms with Crippen molar-refractivity contribution in [3.63, 3.8) is 0 Å². The maximum absolute atomic E-state index is 15.3. The van der Waals surface area contributed by atoms with Crippen molar-refractivity contribution in [1.82, 2.24) is 9.88 Å². The fourth-order valence-corrected chi connectivity index (χ4v) is 8.60. The number of nitrogens with zero attached hydrogens (tertiary/aromatic N) is 2. The lowest BCUT2D eigenvalue weighted by Gasteiger charge is -2.34. The molecule has 1 saturated heterocycles. The first-order valence-corrected chi connectivity index (χ1v) is 21.4. The number of likely N-dealkylation sites (tertiary alicyclic amines) is 1. The van der Waals surface area contributed by atoms with Crippen molar-refractivity contribution in [3.05, 3.63) is 75.7 Å². The molecule has 0 spiro atoms. The number of carbonyl (C=O) groups is 3. The van der Waals surface area contributed by atoms with Crippen LogP contribution in [0.15, 0.2) is 63.6 Å². The van der Waals surface area contributed by atoms with Crippen LogP contribution < -0.4 is 25.0 Å². The lowest BCUT2D eigenvalue weighted by atomic mass is 9.86. The summed E-state index contributed by atoms with van der Waals surface area (Å²) in [4.78, 5) is 64.1. The number of esters is 1. The second kappa shape index (κ2) is 18.3. The Morgan fingerprint density at radius 2 is 1.81 bits per heavy atom. The van der Waals surface area contributed by atoms with Crippen LogP contribution in [0.3, 0.4) is 0 Å². The molecule has 6 aliphatic rings. The quantitative estimate of drug-likeness (QED) is 0.116. The van der Waals surface area contributed by atoms with Crippen LogP contribution in [-0.4, -0.2) is 86.0 Å². The predicted octanol–water partition coefficient (Wildman–Crippen LogP) is 8.15. The molecule has 3 unspecified atom stereocenters. The van der Waals surface area contributed by atoms with E-state index in [-0.39, 0.29) is 62.7 Å². The molecule has 5 aliphatic heterocycles. The molecule has 14 heteroatoms. The number of carbonyl (C=O) groups excluding carboxylic acids is 3. The van der Waals surface area contributed by atoms with E-state index in [9.17, 15) is 14.4 Å². The summed E-state index contributed by atoms with van der Waals surface area (Å²) < 4.78 is 42.6. The molecule has 0 saturated carbocycles. The average Bonchev–Trinajstić information content (AvgIpc) is 3.47. The van der Waals surface area contributed by atoms with Gasteiger partial charge in [-0.2, -0.15) is 0 Å². The second-order valence-corrected chi connectivity index (χ2v) is 17.1. The van der Waals surface area contributed by atoms with Crippen LogP contribution >= 0.6 is 0 Å². The summed E-state index contributed by atoms with van der Waals surface area (Å²) in [6.45, 7) is 15.8. The monoisotopic (exact) mass is 851 g/mol. The van der Waals surface area contributed by atoms with E-state index in [2.05, 4.69) is 28.8 Å². The zero-order valence-corrected chi connectivity index (χ0v) is 37.0. The summed E-state index contributed by atoms with van der Waals surface area (Å²) in [5.74, 6) is -2.66. The molecule has 8 rings (SSSR count). The lowest BCUT2D eigenvalue weighted by molar-refractivity contribution is -0.155. The van der Waals surface area contributed by atoms with E-state index in [0.717, 1.165) is 26.1 Å². The van der Waals surface area contributed by atoms with Crippen LogP contribution in [-0.2, 0) is 23.8 Å². The highest BCUT2D eigenvalue weighted by Gasteiger charge is 2.50. The molecule has 62 heavy (non-hydrogen) atoms. The number of aromatic nitrogens is 1. The van der Waals surface area contributed by atoms with Crippen LogP contribution in [0.4, 0.5) is 5.69 Å². The molecule has 2 aromatic carbocycles. The number of ketones is 1. The maximum Gasteiger partial charge on any atom is 0.312 e. The Kier molecular flexibility index (Phi) is 13.1. The zero-order valence-electron chi connectivity index (χ0n) is 37.0. The van der Waals surface area contributed by atoms with Gasteiger partial charge in [-0.05, 0) is 82.7 Å². The Balaban J connectivity index is 0.00000187. The van der Waals surface area contributed by atoms with Crippen molar-refractivity contribution in [2.75, 3.05) is 45.8 Å². The van der Waals surface area contributed by atoms with E-state index in [4.69, 9.17) is 33.1 Å². The van der Waals surface area contributed by atoms with Crippen molar-refractivity contribution in [2.24, 2.45) is 17.8 Å². The molecular formula is C48H57N3O11. The van der Waals surface area contributed by atoms with Crippen molar-refractivity contribution in [1.29, 1.82) is 0 Å². The Labute approximate surface area is 361 Å². The van der Waals surface area contributed by atoms with Crippen molar-refractivity contribution < 1.29 is 47.2 Å². The summed E-state index contributed by atoms with van der Waals surface area (Å²) in [6.07, 6.45) is 10.1. The van der Waals surface area contributed by atoms with Gasteiger partial charge < -0.3 is 38.2 Å². The van der Waals surface area contributed by atoms with Gasteiger partial charge in [0, 0.05) is 63.1 Å². The van der Waals surface area contributed by atoms with Gasteiger partial charge in [-0.15, -0.1) is 0 Å². The number of nitrogens with one attached hydrogen (secondary N) is 1. The summed E-state index contributed by atoms with van der Waals surface area (Å²) in [5, 5.41) is 2.98. The number of allylic oxidation sites excluding steroid dienone is 4. The second-order valence-electron chi connectivity index (χ2n) is 17.1. The number of benzene rings is 3. The first-order chi connectivity index (χ1) is 29.6. The third-order valence-electron chi connectivity index (χ3n) is 11.9. The molecule has 1 aliphatic carbocycles. The topological polar surface area (TPSA) is 165 Å². The first-order valence-electron chi connectivity index (χ1n) is 21.4. The number of Topliss-reactive ketones (excluding diaryl/α,β-unsaturated/α-hetero) is 1. The van der Waals surface area contributed by atoms with Crippen molar-refractivity contribution >= 4 is 45.2 Å². The van der Waals surface area contributed by atoms with Gasteiger partial charge in [0.05, 0.1) is 17.2 Å². The molecule has 5 heterocycles. The Morgan fingerprint density at radius 3 is 2.52 bits per heavy atom. The normalized spacial score (nSPS) is 27.0. The molecular weight excluding hydrogens is 795 g/mol. The highest BCUT2D eigenvalue weighted by molar-refractivity contribution is 6.22. The van der Waals surface area contributed by atoms with Gasteiger partial charge >= 0.3 is 11.8 Å². The molecule has 2 aromatic rings. The van der Waals surface area contributed by atoms with Gasteiger partial charge in [0.25, 0.3) is 11.7 Å². The standard InChI is InChI=1S/C46H51N3O10.C2H6O/c1-24-11-8-12-27(4)45(53)48-38-39(51)35-34(37-43(38)57-32-23-30(14-15-31(32)47-37)54-20-18-49-16-10-17-49)36-42-28(5)41(35)58-33(22-25(2)21-24)40(56-29(6)50)26(3)13-9-19-55-46(7,59-42)44(36)52;1-3-2/h8-9,11-12,14-15,19,23-26,33,40H,10,13,16-18,20-22H2,1-7H3,(H,48,53);1-2H3/b11-8+,19-9+,27-12-;/t24?,25-,26-,33?,40?,46+;/m1./s1. The number of fused-ring (bicyclic) bond motifs is 8. The van der Waals surface area contributed by atoms with E-state index >= 15 is 4.79 Å². The molecule has 0 radical (unpaired) electrons. The molecule has 0 aromatic heterocycles. The van der Waals surface area contributed by atoms with Gasteiger partial charge in [-0.1, -0.05) is 39.0 Å². The van der Waals surface area contributed by atoms with Crippen LogP contribution in [0.1, 0.15) is 83.1 Å². The first kappa shape index (κ1) is 44.3. The van der Waals surface area contributed by atoms with E-state index < -0.39 is 41.1 Å². The summed E-state index contributed by atoms with van der Waals surface area (Å²) in [5.41, 5.74) is 0.801. The number of anilines is 1. The minimum absolute atomic E-state index is 0.000258. The number of ether oxygens (including phenoxy) is 6. The Morgan fingerprint density at radius 1 is 1.05 bits per heavy atom. The Hall–Kier alpha value is -5.73. The number of methoxy groups -OCH3 is 1. The molecule has 1 amide bonds. The number of rotatable bonds is 5. The molecule has 330 valence electrons. The maximum atomic E-state index is 15.3. The van der Waals surface area contributed by atoms with Gasteiger partial charge in [-0.25, -0.2) is 4.98 Å². The fourth-order valence-electron chi connectivity index (χ4n) is 8.60. The van der Waals surface area contributed by atoms with Gasteiger partial charge in [0.1, 0.15) is 53.0 Å². The fraction of sp³-hybridized carbons (Fsp3) is 0.479. The molecule has 6 atom stereocenters. The SMILES string of the molecule is CC(=O)OC1C2C[C@H](C)CC(C)/C=C/C=C(/C)C(=O)Nc3c4oc5cc(OCCN6CCC6)ccc5nc-4c4c5c(c(C)c(c4c3=O)O2)O[C@](C)(O/C=C/C[C@H]1C)C5=O.COC. The minimum atomic E-state index is -1.81. The predicted molar refractivity (Wildman–Crippen MR) is 235 cm³/mol. The minimum Gasteiger partial charge on any atom is -0.492 e. The van der Waals surface area contributed by atoms with Crippen LogP contribution in [0.25, 0.3) is 33.3 Å².